The van der Waals surface area contributed by atoms with E-state index in [1.165, 1.54) is 25.8 Å². The maximum Gasteiger partial charge on any atom is 0.0645 e. The van der Waals surface area contributed by atoms with E-state index in [0.717, 1.165) is 38.1 Å². The fourth-order valence-electron chi connectivity index (χ4n) is 2.87. The van der Waals surface area contributed by atoms with Crippen LogP contribution in [0.4, 0.5) is 0 Å². The van der Waals surface area contributed by atoms with Gasteiger partial charge in [-0.1, -0.05) is 13.8 Å². The third-order valence-corrected chi connectivity index (χ3v) is 4.30. The fraction of sp³-hybridized carbons (Fsp3) is 1.00. The quantitative estimate of drug-likeness (QED) is 0.760. The van der Waals surface area contributed by atoms with Gasteiger partial charge in [0, 0.05) is 12.1 Å². The second-order valence-corrected chi connectivity index (χ2v) is 6.58. The Morgan fingerprint density at radius 2 is 2.00 bits per heavy atom. The first-order chi connectivity index (χ1) is 8.47. The van der Waals surface area contributed by atoms with Gasteiger partial charge in [-0.3, -0.25) is 4.90 Å². The van der Waals surface area contributed by atoms with E-state index >= 15 is 0 Å². The van der Waals surface area contributed by atoms with Crippen molar-refractivity contribution in [2.45, 2.75) is 52.5 Å². The largest absolute Gasteiger partial charge is 0.378 e. The lowest BCUT2D eigenvalue weighted by Gasteiger charge is -2.42. The van der Waals surface area contributed by atoms with Gasteiger partial charge in [0.2, 0.25) is 0 Å². The van der Waals surface area contributed by atoms with Gasteiger partial charge >= 0.3 is 0 Å². The minimum Gasteiger partial charge on any atom is -0.378 e. The van der Waals surface area contributed by atoms with Gasteiger partial charge in [0.05, 0.1) is 13.2 Å². The second-order valence-electron chi connectivity index (χ2n) is 6.58. The van der Waals surface area contributed by atoms with Crippen molar-refractivity contribution in [3.8, 4) is 0 Å². The molecule has 0 spiro atoms. The summed E-state index contributed by atoms with van der Waals surface area (Å²) in [6.45, 7) is 14.1. The molecule has 108 valence electrons. The average Bonchev–Trinajstić information content (AvgIpc) is 2.29. The zero-order valence-corrected chi connectivity index (χ0v) is 12.7. The highest BCUT2D eigenvalue weighted by Crippen LogP contribution is 2.23. The summed E-state index contributed by atoms with van der Waals surface area (Å²) in [5.41, 5.74) is 5.91. The molecule has 1 heterocycles. The highest BCUT2D eigenvalue weighted by Gasteiger charge is 2.29. The Bertz CT molecular complexity index is 229. The lowest BCUT2D eigenvalue weighted by atomic mass is 9.88. The van der Waals surface area contributed by atoms with Crippen molar-refractivity contribution in [1.82, 2.24) is 4.90 Å². The third-order valence-electron chi connectivity index (χ3n) is 4.30. The van der Waals surface area contributed by atoms with Crippen molar-refractivity contribution in [1.29, 1.82) is 0 Å². The average molecular weight is 256 g/mol. The summed E-state index contributed by atoms with van der Waals surface area (Å²) in [6.07, 6.45) is 3.76. The van der Waals surface area contributed by atoms with Crippen LogP contribution in [0, 0.1) is 11.8 Å². The molecule has 1 aliphatic heterocycles. The molecule has 1 unspecified atom stereocenters. The molecule has 18 heavy (non-hydrogen) atoms. The van der Waals surface area contributed by atoms with E-state index in [4.69, 9.17) is 10.5 Å². The second kappa shape index (κ2) is 7.46. The molecule has 1 rings (SSSR count). The molecule has 0 aromatic heterocycles. The van der Waals surface area contributed by atoms with E-state index in [-0.39, 0.29) is 5.54 Å². The normalized spacial score (nSPS) is 22.3. The summed E-state index contributed by atoms with van der Waals surface area (Å²) in [5.74, 6) is 1.55. The van der Waals surface area contributed by atoms with Crippen LogP contribution in [0.25, 0.3) is 0 Å². The lowest BCUT2D eigenvalue weighted by Crippen LogP contribution is -2.53. The molecule has 2 N–H and O–H groups in total. The Hall–Kier alpha value is -0.120. The fourth-order valence-corrected chi connectivity index (χ4v) is 2.87. The Kier molecular flexibility index (Phi) is 6.61. The third kappa shape index (κ3) is 4.87. The van der Waals surface area contributed by atoms with Crippen LogP contribution in [0.1, 0.15) is 47.0 Å². The van der Waals surface area contributed by atoms with E-state index in [9.17, 15) is 0 Å². The molecule has 1 atom stereocenters. The zero-order valence-electron chi connectivity index (χ0n) is 12.7. The molecule has 3 nitrogen and oxygen atoms in total. The lowest BCUT2D eigenvalue weighted by molar-refractivity contribution is -0.0518. The number of nitrogens with zero attached hydrogens (tertiary/aromatic N) is 1. The van der Waals surface area contributed by atoms with Gasteiger partial charge in [-0.2, -0.15) is 0 Å². The first kappa shape index (κ1) is 15.9. The van der Waals surface area contributed by atoms with Gasteiger partial charge in [-0.15, -0.1) is 0 Å². The Balaban J connectivity index is 2.31. The van der Waals surface area contributed by atoms with Crippen molar-refractivity contribution >= 4 is 0 Å². The minimum atomic E-state index is 0.208. The van der Waals surface area contributed by atoms with E-state index in [2.05, 4.69) is 32.6 Å². The van der Waals surface area contributed by atoms with Crippen LogP contribution in [0.15, 0.2) is 0 Å². The molecular weight excluding hydrogens is 224 g/mol. The summed E-state index contributed by atoms with van der Waals surface area (Å²) in [4.78, 5) is 2.58. The molecule has 3 heteroatoms. The number of rotatable bonds is 7. The van der Waals surface area contributed by atoms with Crippen molar-refractivity contribution in [3.05, 3.63) is 0 Å². The van der Waals surface area contributed by atoms with Crippen molar-refractivity contribution in [2.24, 2.45) is 17.6 Å². The SMILES string of the molecule is CC(C)C(CCN)CCCN1CCOCC1(C)C. The molecule has 1 aliphatic rings. The van der Waals surface area contributed by atoms with Gasteiger partial charge in [0.25, 0.3) is 0 Å². The number of morpholine rings is 1. The predicted molar refractivity (Wildman–Crippen MR) is 77.7 cm³/mol. The van der Waals surface area contributed by atoms with Crippen LogP contribution in [0.2, 0.25) is 0 Å². The van der Waals surface area contributed by atoms with E-state index in [1.54, 1.807) is 0 Å². The van der Waals surface area contributed by atoms with E-state index < -0.39 is 0 Å². The first-order valence-corrected chi connectivity index (χ1v) is 7.50. The van der Waals surface area contributed by atoms with Gasteiger partial charge in [-0.25, -0.2) is 0 Å². The van der Waals surface area contributed by atoms with Gasteiger partial charge < -0.3 is 10.5 Å². The summed E-state index contributed by atoms with van der Waals surface area (Å²) < 4.78 is 5.56. The molecule has 0 aromatic carbocycles. The monoisotopic (exact) mass is 256 g/mol. The van der Waals surface area contributed by atoms with Gasteiger partial charge in [0.1, 0.15) is 0 Å². The molecule has 0 saturated carbocycles. The smallest absolute Gasteiger partial charge is 0.0645 e. The summed E-state index contributed by atoms with van der Waals surface area (Å²) >= 11 is 0. The highest BCUT2D eigenvalue weighted by atomic mass is 16.5. The molecule has 0 aromatic rings. The molecule has 0 bridgehead atoms. The molecular formula is C15H32N2O. The standard InChI is InChI=1S/C15H32N2O/c1-13(2)14(7-8-16)6-5-9-17-10-11-18-12-15(17,3)4/h13-14H,5-12,16H2,1-4H3. The van der Waals surface area contributed by atoms with Crippen LogP contribution in [-0.4, -0.2) is 43.3 Å². The molecule has 1 fully saturated rings. The topological polar surface area (TPSA) is 38.5 Å². The van der Waals surface area contributed by atoms with Crippen molar-refractivity contribution in [3.63, 3.8) is 0 Å². The van der Waals surface area contributed by atoms with E-state index in [0.29, 0.717) is 0 Å². The number of hydrogen-bond acceptors (Lipinski definition) is 3. The highest BCUT2D eigenvalue weighted by molar-refractivity contribution is 4.84. The molecule has 0 radical (unpaired) electrons. The molecule has 0 aliphatic carbocycles. The van der Waals surface area contributed by atoms with Crippen molar-refractivity contribution < 1.29 is 4.74 Å². The number of hydrogen-bond donors (Lipinski definition) is 1. The Morgan fingerprint density at radius 3 is 2.56 bits per heavy atom. The van der Waals surface area contributed by atoms with Crippen molar-refractivity contribution in [2.75, 3.05) is 32.8 Å². The maximum absolute atomic E-state index is 5.70. The van der Waals surface area contributed by atoms with Crippen LogP contribution in [0.3, 0.4) is 0 Å². The molecule has 0 amide bonds. The number of nitrogens with two attached hydrogens (primary N) is 1. The van der Waals surface area contributed by atoms with Crippen LogP contribution in [-0.2, 0) is 4.74 Å². The Morgan fingerprint density at radius 1 is 1.28 bits per heavy atom. The van der Waals surface area contributed by atoms with E-state index in [1.807, 2.05) is 0 Å². The maximum atomic E-state index is 5.70. The predicted octanol–water partition coefficient (Wildman–Crippen LogP) is 2.50. The number of ether oxygens (including phenoxy) is 1. The van der Waals surface area contributed by atoms with Crippen LogP contribution >= 0.6 is 0 Å². The minimum absolute atomic E-state index is 0.208. The molecule has 1 saturated heterocycles. The summed E-state index contributed by atoms with van der Waals surface area (Å²) in [5, 5.41) is 0. The first-order valence-electron chi connectivity index (χ1n) is 7.50. The van der Waals surface area contributed by atoms with Gasteiger partial charge in [0.15, 0.2) is 0 Å². The summed E-state index contributed by atoms with van der Waals surface area (Å²) in [6, 6.07) is 0. The van der Waals surface area contributed by atoms with Crippen LogP contribution < -0.4 is 5.73 Å². The van der Waals surface area contributed by atoms with Crippen LogP contribution in [0.5, 0.6) is 0 Å². The van der Waals surface area contributed by atoms with Gasteiger partial charge in [-0.05, 0) is 58.0 Å². The summed E-state index contributed by atoms with van der Waals surface area (Å²) in [7, 11) is 0. The zero-order chi connectivity index (χ0) is 13.6. The Labute approximate surface area is 113 Å².